The molecule has 1 fully saturated rings. The zero-order chi connectivity index (χ0) is 20.1. The number of rotatable bonds is 2. The fourth-order valence-electron chi connectivity index (χ4n) is 3.89. The third-order valence-electron chi connectivity index (χ3n) is 5.38. The van der Waals surface area contributed by atoms with E-state index in [0.717, 1.165) is 53.8 Å². The first-order valence-electron chi connectivity index (χ1n) is 9.09. The molecule has 0 amide bonds. The maximum Gasteiger partial charge on any atom is 0.416 e. The summed E-state index contributed by atoms with van der Waals surface area (Å²) in [6, 6.07) is 2.95. The molecule has 0 unspecified atom stereocenters. The zero-order valence-corrected chi connectivity index (χ0v) is 16.4. The summed E-state index contributed by atoms with van der Waals surface area (Å²) in [7, 11) is 2.11. The highest BCUT2D eigenvalue weighted by molar-refractivity contribution is 7.17. The lowest BCUT2D eigenvalue weighted by atomic mass is 9.91. The Hall–Kier alpha value is -2.19. The molecular formula is C20H20F3N3OS. The number of alkyl halides is 3. The molecule has 0 bridgehead atoms. The molecule has 3 aromatic rings. The lowest BCUT2D eigenvalue weighted by molar-refractivity contribution is -0.137. The average Bonchev–Trinajstić information content (AvgIpc) is 3.07. The number of likely N-dealkylation sites (N-methyl/N-ethyl adjacent to an activating group) is 1. The van der Waals surface area contributed by atoms with Gasteiger partial charge in [-0.1, -0.05) is 0 Å². The van der Waals surface area contributed by atoms with Crippen LogP contribution in [0, 0.1) is 6.92 Å². The van der Waals surface area contributed by atoms with Crippen LogP contribution in [0.5, 0.6) is 5.75 Å². The number of hydrogen-bond donors (Lipinski definition) is 1. The number of halogens is 3. The molecule has 148 valence electrons. The molecule has 1 aliphatic rings. The topological polar surface area (TPSA) is 49.3 Å². The quantitative estimate of drug-likeness (QED) is 0.634. The van der Waals surface area contributed by atoms with Gasteiger partial charge in [0.2, 0.25) is 0 Å². The van der Waals surface area contributed by atoms with E-state index in [1.54, 1.807) is 11.3 Å². The number of hydrogen-bond acceptors (Lipinski definition) is 5. The number of phenols is 1. The second-order valence-electron chi connectivity index (χ2n) is 7.37. The number of likely N-dealkylation sites (tertiary alicyclic amines) is 1. The summed E-state index contributed by atoms with van der Waals surface area (Å²) in [6.07, 6.45) is -2.25. The van der Waals surface area contributed by atoms with Crippen LogP contribution in [-0.2, 0) is 6.18 Å². The minimum Gasteiger partial charge on any atom is -0.507 e. The predicted octanol–water partition coefficient (Wildman–Crippen LogP) is 5.20. The molecule has 4 rings (SSSR count). The molecule has 4 nitrogen and oxygen atoms in total. The highest BCUT2D eigenvalue weighted by Gasteiger charge is 2.31. The Morgan fingerprint density at radius 1 is 1.25 bits per heavy atom. The Balaban J connectivity index is 1.75. The van der Waals surface area contributed by atoms with Gasteiger partial charge in [0, 0.05) is 12.1 Å². The van der Waals surface area contributed by atoms with Crippen molar-refractivity contribution in [3.63, 3.8) is 0 Å². The number of aromatic hydroxyl groups is 1. The van der Waals surface area contributed by atoms with Gasteiger partial charge in [0.1, 0.15) is 17.0 Å². The average molecular weight is 407 g/mol. The van der Waals surface area contributed by atoms with Gasteiger partial charge in [-0.15, -0.1) is 21.5 Å². The van der Waals surface area contributed by atoms with Crippen LogP contribution in [0.2, 0.25) is 0 Å². The molecule has 0 radical (unpaired) electrons. The molecule has 1 saturated heterocycles. The summed E-state index contributed by atoms with van der Waals surface area (Å²) in [5.41, 5.74) is 2.64. The second-order valence-corrected chi connectivity index (χ2v) is 8.25. The lowest BCUT2D eigenvalue weighted by Gasteiger charge is -2.29. The minimum atomic E-state index is -4.50. The first-order chi connectivity index (χ1) is 13.3. The zero-order valence-electron chi connectivity index (χ0n) is 15.5. The van der Waals surface area contributed by atoms with Gasteiger partial charge < -0.3 is 10.0 Å². The van der Waals surface area contributed by atoms with Crippen LogP contribution in [0.15, 0.2) is 23.6 Å². The Morgan fingerprint density at radius 3 is 2.71 bits per heavy atom. The molecule has 0 aliphatic carbocycles. The van der Waals surface area contributed by atoms with E-state index < -0.39 is 17.5 Å². The van der Waals surface area contributed by atoms with Gasteiger partial charge in [-0.25, -0.2) is 0 Å². The maximum absolute atomic E-state index is 12.9. The van der Waals surface area contributed by atoms with Gasteiger partial charge in [0.25, 0.3) is 0 Å². The molecule has 1 aliphatic heterocycles. The van der Waals surface area contributed by atoms with Gasteiger partial charge in [-0.05, 0) is 74.0 Å². The highest BCUT2D eigenvalue weighted by Crippen LogP contribution is 2.41. The van der Waals surface area contributed by atoms with E-state index in [-0.39, 0.29) is 5.56 Å². The summed E-state index contributed by atoms with van der Waals surface area (Å²) >= 11 is 1.57. The van der Waals surface area contributed by atoms with Gasteiger partial charge >= 0.3 is 6.18 Å². The lowest BCUT2D eigenvalue weighted by Crippen LogP contribution is -2.30. The van der Waals surface area contributed by atoms with Crippen molar-refractivity contribution in [2.45, 2.75) is 31.9 Å². The normalized spacial score (nSPS) is 18.7. The molecule has 8 heteroatoms. The van der Waals surface area contributed by atoms with Crippen LogP contribution in [0.4, 0.5) is 13.2 Å². The fraction of sp³-hybridized carbons (Fsp3) is 0.400. The van der Waals surface area contributed by atoms with Gasteiger partial charge in [-0.3, -0.25) is 0 Å². The number of benzene rings is 1. The summed E-state index contributed by atoms with van der Waals surface area (Å²) in [5, 5.41) is 21.0. The van der Waals surface area contributed by atoms with E-state index in [1.165, 1.54) is 11.6 Å². The van der Waals surface area contributed by atoms with E-state index in [9.17, 15) is 18.3 Å². The predicted molar refractivity (Wildman–Crippen MR) is 104 cm³/mol. The van der Waals surface area contributed by atoms with Crippen molar-refractivity contribution in [2.24, 2.45) is 0 Å². The Labute approximate surface area is 164 Å². The molecule has 0 spiro atoms. The van der Waals surface area contributed by atoms with Gasteiger partial charge in [0.15, 0.2) is 0 Å². The van der Waals surface area contributed by atoms with Gasteiger partial charge in [-0.2, -0.15) is 13.2 Å². The Kier molecular flexibility index (Phi) is 4.79. The number of nitrogens with zero attached hydrogens (tertiary/aromatic N) is 3. The van der Waals surface area contributed by atoms with E-state index in [2.05, 4.69) is 27.5 Å². The molecule has 0 saturated carbocycles. The van der Waals surface area contributed by atoms with Crippen molar-refractivity contribution in [1.29, 1.82) is 0 Å². The number of aryl methyl sites for hydroxylation is 1. The van der Waals surface area contributed by atoms with E-state index in [4.69, 9.17) is 0 Å². The van der Waals surface area contributed by atoms with Crippen molar-refractivity contribution >= 4 is 21.6 Å². The number of piperidine rings is 1. The van der Waals surface area contributed by atoms with E-state index >= 15 is 0 Å². The van der Waals surface area contributed by atoms with Crippen molar-refractivity contribution in [3.8, 4) is 17.0 Å². The third-order valence-corrected chi connectivity index (χ3v) is 6.49. The largest absolute Gasteiger partial charge is 0.507 e. The van der Waals surface area contributed by atoms with Crippen molar-refractivity contribution < 1.29 is 18.3 Å². The number of phenolic OH excluding ortho intramolecular Hbond substituents is 1. The summed E-state index contributed by atoms with van der Waals surface area (Å²) < 4.78 is 39.5. The van der Waals surface area contributed by atoms with Crippen LogP contribution in [-0.4, -0.2) is 40.3 Å². The standard InChI is InChI=1S/C20H20F3N3OS/c1-11-17(14-6-5-13(8-16(14)27)20(21,22)23)24-25-18-15(10-28-19(11)18)12-4-3-7-26(2)9-12/h5-6,8,10,12,27H,3-4,7,9H2,1-2H3/t12-/m0/s1. The molecule has 28 heavy (non-hydrogen) atoms. The van der Waals surface area contributed by atoms with Crippen LogP contribution in [0.25, 0.3) is 21.5 Å². The molecule has 1 atom stereocenters. The fourth-order valence-corrected chi connectivity index (χ4v) is 4.98. The maximum atomic E-state index is 12.9. The first kappa shape index (κ1) is 19.1. The number of fused-ring (bicyclic) bond motifs is 1. The smallest absolute Gasteiger partial charge is 0.416 e. The molecule has 1 aromatic carbocycles. The van der Waals surface area contributed by atoms with Crippen LogP contribution in [0.1, 0.15) is 35.4 Å². The van der Waals surface area contributed by atoms with Crippen molar-refractivity contribution in [3.05, 3.63) is 40.3 Å². The highest BCUT2D eigenvalue weighted by atomic mass is 32.1. The monoisotopic (exact) mass is 407 g/mol. The Morgan fingerprint density at radius 2 is 2.04 bits per heavy atom. The van der Waals surface area contributed by atoms with Crippen LogP contribution >= 0.6 is 11.3 Å². The molecule has 3 heterocycles. The minimum absolute atomic E-state index is 0.257. The second kappa shape index (κ2) is 7.00. The van der Waals surface area contributed by atoms with E-state index in [0.29, 0.717) is 11.6 Å². The first-order valence-corrected chi connectivity index (χ1v) is 9.97. The molecule has 1 N–H and O–H groups in total. The SMILES string of the molecule is Cc1c(-c2ccc(C(F)(F)F)cc2O)nnc2c([C@H]3CCCN(C)C3)csc12. The van der Waals surface area contributed by atoms with E-state index in [1.807, 2.05) is 6.92 Å². The van der Waals surface area contributed by atoms with Crippen molar-refractivity contribution in [2.75, 3.05) is 20.1 Å². The summed E-state index contributed by atoms with van der Waals surface area (Å²) in [6.45, 7) is 3.95. The number of aromatic nitrogens is 2. The summed E-state index contributed by atoms with van der Waals surface area (Å²) in [5.74, 6) is -0.0382. The molecular weight excluding hydrogens is 387 g/mol. The summed E-state index contributed by atoms with van der Waals surface area (Å²) in [4.78, 5) is 2.31. The van der Waals surface area contributed by atoms with Crippen LogP contribution < -0.4 is 0 Å². The third kappa shape index (κ3) is 3.35. The van der Waals surface area contributed by atoms with Gasteiger partial charge in [0.05, 0.1) is 10.3 Å². The Bertz CT molecular complexity index is 1030. The molecule has 2 aromatic heterocycles. The van der Waals surface area contributed by atoms with Crippen LogP contribution in [0.3, 0.4) is 0 Å². The van der Waals surface area contributed by atoms with Crippen molar-refractivity contribution in [1.82, 2.24) is 15.1 Å². The number of thiophene rings is 1.